The molecular formula is C20H20. The van der Waals surface area contributed by atoms with Crippen LogP contribution in [-0.4, -0.2) is 0 Å². The smallest absolute Gasteiger partial charge is 0.000118 e. The van der Waals surface area contributed by atoms with E-state index in [0.717, 1.165) is 0 Å². The molecule has 2 unspecified atom stereocenters. The highest BCUT2D eigenvalue weighted by molar-refractivity contribution is 5.62. The van der Waals surface area contributed by atoms with Gasteiger partial charge in [0.2, 0.25) is 0 Å². The topological polar surface area (TPSA) is 0 Å². The minimum atomic E-state index is 0.621. The second-order valence-electron chi connectivity index (χ2n) is 5.55. The lowest BCUT2D eigenvalue weighted by molar-refractivity contribution is 0.990. The van der Waals surface area contributed by atoms with Crippen molar-refractivity contribution in [1.29, 1.82) is 0 Å². The molecule has 2 aromatic rings. The third kappa shape index (κ3) is 2.46. The minimum absolute atomic E-state index is 0.621. The summed E-state index contributed by atoms with van der Waals surface area (Å²) in [5.74, 6) is 1.24. The maximum absolute atomic E-state index is 2.24. The van der Waals surface area contributed by atoms with Crippen LogP contribution in [-0.2, 0) is 0 Å². The van der Waals surface area contributed by atoms with Crippen LogP contribution in [0.5, 0.6) is 0 Å². The van der Waals surface area contributed by atoms with Crippen LogP contribution in [0.3, 0.4) is 0 Å². The highest BCUT2D eigenvalue weighted by Crippen LogP contribution is 2.29. The van der Waals surface area contributed by atoms with Crippen LogP contribution >= 0.6 is 0 Å². The third-order valence-electron chi connectivity index (χ3n) is 4.10. The molecule has 20 heavy (non-hydrogen) atoms. The Morgan fingerprint density at radius 2 is 1.00 bits per heavy atom. The molecule has 0 radical (unpaired) electrons. The summed E-state index contributed by atoms with van der Waals surface area (Å²) in [6.45, 7) is 4.45. The van der Waals surface area contributed by atoms with Crippen molar-refractivity contribution in [3.63, 3.8) is 0 Å². The molecule has 0 heteroatoms. The molecule has 0 spiro atoms. The van der Waals surface area contributed by atoms with E-state index in [1.165, 1.54) is 22.3 Å². The molecular weight excluding hydrogens is 240 g/mol. The van der Waals surface area contributed by atoms with Crippen LogP contribution < -0.4 is 0 Å². The lowest BCUT2D eigenvalue weighted by atomic mass is 10.0. The van der Waals surface area contributed by atoms with Gasteiger partial charge in [-0.3, -0.25) is 0 Å². The highest BCUT2D eigenvalue weighted by Gasteiger charge is 2.10. The van der Waals surface area contributed by atoms with Gasteiger partial charge in [0.25, 0.3) is 0 Å². The van der Waals surface area contributed by atoms with Gasteiger partial charge < -0.3 is 0 Å². The first-order chi connectivity index (χ1) is 9.75. The third-order valence-corrected chi connectivity index (χ3v) is 4.10. The molecule has 0 fully saturated rings. The first-order valence-corrected chi connectivity index (χ1v) is 7.30. The SMILES string of the molecule is CC1C=Cc2ccccc21.CC1C=Cc2ccccc21. The summed E-state index contributed by atoms with van der Waals surface area (Å²) in [4.78, 5) is 0. The standard InChI is InChI=1S/2C10H10/c2*1-8-6-7-9-4-2-3-5-10(8)9/h2*2-8H,1H3. The zero-order chi connectivity index (χ0) is 13.9. The van der Waals surface area contributed by atoms with Crippen molar-refractivity contribution in [3.05, 3.63) is 82.9 Å². The Kier molecular flexibility index (Phi) is 3.56. The lowest BCUT2D eigenvalue weighted by Gasteiger charge is -2.01. The van der Waals surface area contributed by atoms with Crippen molar-refractivity contribution in [2.24, 2.45) is 0 Å². The van der Waals surface area contributed by atoms with E-state index in [1.807, 2.05) is 0 Å². The van der Waals surface area contributed by atoms with E-state index < -0.39 is 0 Å². The molecule has 0 bridgehead atoms. The Bertz CT molecular complexity index is 602. The summed E-state index contributed by atoms with van der Waals surface area (Å²) in [6, 6.07) is 17.1. The van der Waals surface area contributed by atoms with Crippen LogP contribution in [0.4, 0.5) is 0 Å². The maximum atomic E-state index is 2.24. The van der Waals surface area contributed by atoms with Crippen molar-refractivity contribution < 1.29 is 0 Å². The van der Waals surface area contributed by atoms with Gasteiger partial charge in [0.15, 0.2) is 0 Å². The molecule has 0 amide bonds. The van der Waals surface area contributed by atoms with Gasteiger partial charge in [0, 0.05) is 0 Å². The summed E-state index contributed by atoms with van der Waals surface area (Å²) in [5, 5.41) is 0. The summed E-state index contributed by atoms with van der Waals surface area (Å²) in [7, 11) is 0. The Hall–Kier alpha value is -2.08. The van der Waals surface area contributed by atoms with E-state index in [2.05, 4.69) is 86.7 Å². The molecule has 2 aliphatic carbocycles. The average molecular weight is 260 g/mol. The molecule has 4 rings (SSSR count). The van der Waals surface area contributed by atoms with Gasteiger partial charge in [0.1, 0.15) is 0 Å². The number of benzene rings is 2. The second kappa shape index (κ2) is 5.50. The monoisotopic (exact) mass is 260 g/mol. The van der Waals surface area contributed by atoms with E-state index in [-0.39, 0.29) is 0 Å². The fourth-order valence-corrected chi connectivity index (χ4v) is 2.86. The fraction of sp³-hybridized carbons (Fsp3) is 0.200. The van der Waals surface area contributed by atoms with Crippen molar-refractivity contribution in [2.45, 2.75) is 25.7 Å². The van der Waals surface area contributed by atoms with Crippen LogP contribution in [0.25, 0.3) is 12.2 Å². The van der Waals surface area contributed by atoms with Gasteiger partial charge in [0.05, 0.1) is 0 Å². The van der Waals surface area contributed by atoms with E-state index in [1.54, 1.807) is 0 Å². The fourth-order valence-electron chi connectivity index (χ4n) is 2.86. The van der Waals surface area contributed by atoms with Gasteiger partial charge in [-0.2, -0.15) is 0 Å². The van der Waals surface area contributed by atoms with Crippen molar-refractivity contribution in [3.8, 4) is 0 Å². The summed E-state index contributed by atoms with van der Waals surface area (Å²) >= 11 is 0. The normalized spacial score (nSPS) is 21.1. The largest absolute Gasteiger partial charge is 0.0767 e. The predicted octanol–water partition coefficient (Wildman–Crippen LogP) is 5.63. The molecule has 0 aliphatic heterocycles. The molecule has 0 saturated heterocycles. The Morgan fingerprint density at radius 3 is 1.40 bits per heavy atom. The number of hydrogen-bond donors (Lipinski definition) is 0. The van der Waals surface area contributed by atoms with Crippen molar-refractivity contribution >= 4 is 12.2 Å². The molecule has 0 nitrogen and oxygen atoms in total. The molecule has 2 atom stereocenters. The van der Waals surface area contributed by atoms with Gasteiger partial charge >= 0.3 is 0 Å². The summed E-state index contributed by atoms with van der Waals surface area (Å²) in [6.07, 6.45) is 8.87. The Morgan fingerprint density at radius 1 is 0.600 bits per heavy atom. The summed E-state index contributed by atoms with van der Waals surface area (Å²) < 4.78 is 0. The van der Waals surface area contributed by atoms with Gasteiger partial charge in [-0.1, -0.05) is 86.7 Å². The van der Waals surface area contributed by atoms with E-state index >= 15 is 0 Å². The zero-order valence-corrected chi connectivity index (χ0v) is 12.1. The number of rotatable bonds is 0. The highest BCUT2D eigenvalue weighted by atomic mass is 14.1. The van der Waals surface area contributed by atoms with Crippen LogP contribution in [0, 0.1) is 0 Å². The molecule has 0 aromatic heterocycles. The van der Waals surface area contributed by atoms with Crippen molar-refractivity contribution in [2.75, 3.05) is 0 Å². The lowest BCUT2D eigenvalue weighted by Crippen LogP contribution is -1.84. The number of fused-ring (bicyclic) bond motifs is 2. The summed E-state index contributed by atoms with van der Waals surface area (Å²) in [5.41, 5.74) is 5.69. The van der Waals surface area contributed by atoms with E-state index in [0.29, 0.717) is 11.8 Å². The molecule has 0 heterocycles. The number of hydrogen-bond acceptors (Lipinski definition) is 0. The van der Waals surface area contributed by atoms with Gasteiger partial charge in [-0.25, -0.2) is 0 Å². The second-order valence-corrected chi connectivity index (χ2v) is 5.55. The van der Waals surface area contributed by atoms with Crippen LogP contribution in [0.1, 0.15) is 47.9 Å². The first kappa shape index (κ1) is 12.9. The molecule has 2 aromatic carbocycles. The average Bonchev–Trinajstić information content (AvgIpc) is 3.05. The molecule has 100 valence electrons. The van der Waals surface area contributed by atoms with Crippen molar-refractivity contribution in [1.82, 2.24) is 0 Å². The molecule has 2 aliphatic rings. The maximum Gasteiger partial charge on any atom is -0.000118 e. The number of allylic oxidation sites excluding steroid dienone is 2. The van der Waals surface area contributed by atoms with E-state index in [9.17, 15) is 0 Å². The van der Waals surface area contributed by atoms with E-state index in [4.69, 9.17) is 0 Å². The first-order valence-electron chi connectivity index (χ1n) is 7.30. The predicted molar refractivity (Wildman–Crippen MR) is 87.8 cm³/mol. The molecule has 0 N–H and O–H groups in total. The minimum Gasteiger partial charge on any atom is -0.0767 e. The zero-order valence-electron chi connectivity index (χ0n) is 12.1. The van der Waals surface area contributed by atoms with Crippen LogP contribution in [0.15, 0.2) is 60.7 Å². The van der Waals surface area contributed by atoms with Gasteiger partial charge in [-0.15, -0.1) is 0 Å². The Balaban J connectivity index is 0.000000121. The van der Waals surface area contributed by atoms with Crippen LogP contribution in [0.2, 0.25) is 0 Å². The molecule has 0 saturated carbocycles. The Labute approximate surface area is 121 Å². The quantitative estimate of drug-likeness (QED) is 0.575. The van der Waals surface area contributed by atoms with Gasteiger partial charge in [-0.05, 0) is 34.1 Å².